The molecule has 2 N–H and O–H groups in total. The van der Waals surface area contributed by atoms with Gasteiger partial charge in [0.25, 0.3) is 0 Å². The third-order valence-electron chi connectivity index (χ3n) is 4.79. The van der Waals surface area contributed by atoms with Gasteiger partial charge in [-0.2, -0.15) is 5.10 Å². The molecule has 0 atom stereocenters. The van der Waals surface area contributed by atoms with E-state index in [2.05, 4.69) is 62.4 Å². The smallest absolute Gasteiger partial charge is 0.0666 e. The average Bonchev–Trinajstić information content (AvgIpc) is 2.73. The van der Waals surface area contributed by atoms with E-state index in [1.54, 1.807) is 0 Å². The second kappa shape index (κ2) is 9.04. The zero-order chi connectivity index (χ0) is 19.1. The maximum atomic E-state index is 6.44. The molecule has 0 aliphatic rings. The molecule has 3 aromatic rings. The molecule has 3 heteroatoms. The molecule has 0 amide bonds. The quantitative estimate of drug-likeness (QED) is 0.348. The first-order valence-corrected chi connectivity index (χ1v) is 9.53. The Morgan fingerprint density at radius 3 is 2.15 bits per heavy atom. The topological polar surface area (TPSA) is 41.6 Å². The Bertz CT molecular complexity index is 886. The molecule has 0 fully saturated rings. The first-order chi connectivity index (χ1) is 13.2. The van der Waals surface area contributed by atoms with Crippen molar-refractivity contribution >= 4 is 17.6 Å². The highest BCUT2D eigenvalue weighted by Gasteiger charge is 2.09. The monoisotopic (exact) mass is 357 g/mol. The minimum Gasteiger partial charge on any atom is -0.398 e. The first-order valence-electron chi connectivity index (χ1n) is 9.53. The number of aryl methyl sites for hydroxylation is 1. The van der Waals surface area contributed by atoms with Crippen molar-refractivity contribution in [3.63, 3.8) is 0 Å². The molecule has 0 unspecified atom stereocenters. The molecule has 138 valence electrons. The molecule has 3 nitrogen and oxygen atoms in total. The molecule has 0 bridgehead atoms. The van der Waals surface area contributed by atoms with Crippen molar-refractivity contribution in [2.24, 2.45) is 5.10 Å². The van der Waals surface area contributed by atoms with E-state index < -0.39 is 0 Å². The summed E-state index contributed by atoms with van der Waals surface area (Å²) in [6.45, 7) is 5.02. The average molecular weight is 358 g/mol. The van der Waals surface area contributed by atoms with Gasteiger partial charge < -0.3 is 5.73 Å². The Balaban J connectivity index is 1.92. The summed E-state index contributed by atoms with van der Waals surface area (Å²) in [6.07, 6.45) is 3.81. The van der Waals surface area contributed by atoms with Crippen molar-refractivity contribution in [2.75, 3.05) is 10.7 Å². The van der Waals surface area contributed by atoms with Crippen molar-refractivity contribution in [3.8, 4) is 0 Å². The van der Waals surface area contributed by atoms with Crippen molar-refractivity contribution < 1.29 is 0 Å². The van der Waals surface area contributed by atoms with Crippen LogP contribution < -0.4 is 10.7 Å². The third-order valence-corrected chi connectivity index (χ3v) is 4.79. The number of nitrogen functional groups attached to an aromatic ring is 1. The van der Waals surface area contributed by atoms with Crippen LogP contribution in [0, 0.1) is 0 Å². The molecule has 3 aromatic carbocycles. The SMILES string of the molecule is CCc1ccc(C=NN(Cc2ccccc2)c2ccccc2)c(N)c1CC. The lowest BCUT2D eigenvalue weighted by Crippen LogP contribution is -2.16. The highest BCUT2D eigenvalue weighted by Crippen LogP contribution is 2.23. The number of hydrazone groups is 1. The van der Waals surface area contributed by atoms with E-state index in [1.165, 1.54) is 16.7 Å². The van der Waals surface area contributed by atoms with Gasteiger partial charge in [0.2, 0.25) is 0 Å². The summed E-state index contributed by atoms with van der Waals surface area (Å²) < 4.78 is 0. The second-order valence-corrected chi connectivity index (χ2v) is 6.54. The summed E-state index contributed by atoms with van der Waals surface area (Å²) in [6, 6.07) is 24.8. The predicted molar refractivity (Wildman–Crippen MR) is 116 cm³/mol. The van der Waals surface area contributed by atoms with Crippen molar-refractivity contribution in [1.82, 2.24) is 0 Å². The molecule has 0 spiro atoms. The van der Waals surface area contributed by atoms with Gasteiger partial charge in [-0.05, 0) is 41.7 Å². The van der Waals surface area contributed by atoms with Crippen LogP contribution in [0.5, 0.6) is 0 Å². The maximum absolute atomic E-state index is 6.44. The zero-order valence-electron chi connectivity index (χ0n) is 16.1. The number of rotatable bonds is 7. The van der Waals surface area contributed by atoms with E-state index in [9.17, 15) is 0 Å². The Morgan fingerprint density at radius 2 is 1.52 bits per heavy atom. The number of anilines is 2. The van der Waals surface area contributed by atoms with Crippen LogP contribution in [0.4, 0.5) is 11.4 Å². The molecule has 0 aromatic heterocycles. The van der Waals surface area contributed by atoms with Gasteiger partial charge in [-0.15, -0.1) is 0 Å². The fourth-order valence-corrected chi connectivity index (χ4v) is 3.28. The van der Waals surface area contributed by atoms with E-state index >= 15 is 0 Å². The molecular formula is C24H27N3. The lowest BCUT2D eigenvalue weighted by atomic mass is 9.98. The summed E-state index contributed by atoms with van der Waals surface area (Å²) in [5.41, 5.74) is 13.1. The molecule has 0 aliphatic carbocycles. The van der Waals surface area contributed by atoms with E-state index in [0.717, 1.165) is 29.8 Å². The van der Waals surface area contributed by atoms with Gasteiger partial charge in [-0.3, -0.25) is 5.01 Å². The lowest BCUT2D eigenvalue weighted by molar-refractivity contribution is 0.858. The van der Waals surface area contributed by atoms with E-state index in [0.29, 0.717) is 6.54 Å². The van der Waals surface area contributed by atoms with Crippen LogP contribution in [0.3, 0.4) is 0 Å². The third kappa shape index (κ3) is 4.56. The van der Waals surface area contributed by atoms with Gasteiger partial charge >= 0.3 is 0 Å². The van der Waals surface area contributed by atoms with Gasteiger partial charge in [0, 0.05) is 11.3 Å². The minimum atomic E-state index is 0.703. The number of hydrogen-bond acceptors (Lipinski definition) is 3. The summed E-state index contributed by atoms with van der Waals surface area (Å²) >= 11 is 0. The molecule has 3 rings (SSSR count). The Labute approximate surface area is 162 Å². The maximum Gasteiger partial charge on any atom is 0.0666 e. The molecule has 0 radical (unpaired) electrons. The molecular weight excluding hydrogens is 330 g/mol. The van der Waals surface area contributed by atoms with Crippen molar-refractivity contribution in [1.29, 1.82) is 0 Å². The van der Waals surface area contributed by atoms with Gasteiger partial charge in [0.05, 0.1) is 18.4 Å². The largest absolute Gasteiger partial charge is 0.398 e. The van der Waals surface area contributed by atoms with E-state index in [-0.39, 0.29) is 0 Å². The molecule has 0 saturated heterocycles. The Kier molecular flexibility index (Phi) is 6.26. The summed E-state index contributed by atoms with van der Waals surface area (Å²) in [5, 5.41) is 6.79. The number of benzene rings is 3. The van der Waals surface area contributed by atoms with Crippen LogP contribution in [-0.2, 0) is 19.4 Å². The fourth-order valence-electron chi connectivity index (χ4n) is 3.28. The zero-order valence-corrected chi connectivity index (χ0v) is 16.1. The summed E-state index contributed by atoms with van der Waals surface area (Å²) in [5.74, 6) is 0. The van der Waals surface area contributed by atoms with Gasteiger partial charge in [0.1, 0.15) is 0 Å². The van der Waals surface area contributed by atoms with Crippen LogP contribution >= 0.6 is 0 Å². The molecule has 0 saturated carbocycles. The number of nitrogens with zero attached hydrogens (tertiary/aromatic N) is 2. The van der Waals surface area contributed by atoms with E-state index in [4.69, 9.17) is 10.8 Å². The fraction of sp³-hybridized carbons (Fsp3) is 0.208. The van der Waals surface area contributed by atoms with Crippen LogP contribution in [0.15, 0.2) is 77.9 Å². The molecule has 27 heavy (non-hydrogen) atoms. The minimum absolute atomic E-state index is 0.703. The van der Waals surface area contributed by atoms with Gasteiger partial charge in [0.15, 0.2) is 0 Å². The summed E-state index contributed by atoms with van der Waals surface area (Å²) in [4.78, 5) is 0. The second-order valence-electron chi connectivity index (χ2n) is 6.54. The lowest BCUT2D eigenvalue weighted by Gasteiger charge is -2.20. The first kappa shape index (κ1) is 18.7. The van der Waals surface area contributed by atoms with Crippen LogP contribution in [0.2, 0.25) is 0 Å². The van der Waals surface area contributed by atoms with Crippen LogP contribution in [-0.4, -0.2) is 6.21 Å². The van der Waals surface area contributed by atoms with Crippen LogP contribution in [0.1, 0.15) is 36.1 Å². The molecule has 0 heterocycles. The summed E-state index contributed by atoms with van der Waals surface area (Å²) in [7, 11) is 0. The van der Waals surface area contributed by atoms with Gasteiger partial charge in [-0.25, -0.2) is 0 Å². The van der Waals surface area contributed by atoms with Crippen LogP contribution in [0.25, 0.3) is 0 Å². The highest BCUT2D eigenvalue weighted by atomic mass is 15.4. The number of nitrogens with two attached hydrogens (primary N) is 1. The van der Waals surface area contributed by atoms with Crippen molar-refractivity contribution in [2.45, 2.75) is 33.2 Å². The van der Waals surface area contributed by atoms with Crippen molar-refractivity contribution in [3.05, 3.63) is 95.1 Å². The Morgan fingerprint density at radius 1 is 0.852 bits per heavy atom. The number of hydrogen-bond donors (Lipinski definition) is 1. The Hall–Kier alpha value is -3.07. The predicted octanol–water partition coefficient (Wildman–Crippen LogP) is 5.43. The molecule has 0 aliphatic heterocycles. The number of para-hydroxylation sites is 1. The normalized spacial score (nSPS) is 11.0. The van der Waals surface area contributed by atoms with E-state index in [1.807, 2.05) is 35.5 Å². The van der Waals surface area contributed by atoms with Gasteiger partial charge in [-0.1, -0.05) is 74.5 Å². The highest BCUT2D eigenvalue weighted by molar-refractivity contribution is 5.89. The standard InChI is InChI=1S/C24H27N3/c1-3-20-15-16-21(24(25)23(20)4-2)17-26-27(22-13-9-6-10-14-22)18-19-11-7-5-8-12-19/h5-17H,3-4,18,25H2,1-2H3.